The largest absolute Gasteiger partial charge is 0.462 e. The van der Waals surface area contributed by atoms with Crippen LogP contribution in [-0.2, 0) is 19.0 Å². The van der Waals surface area contributed by atoms with Gasteiger partial charge >= 0.3 is 5.97 Å². The number of rotatable bonds is 2. The molecule has 5 heteroatoms. The molecular formula is C18H30O5. The molecule has 1 saturated heterocycles. The van der Waals surface area contributed by atoms with Gasteiger partial charge in [0, 0.05) is 31.3 Å². The van der Waals surface area contributed by atoms with E-state index in [1.807, 2.05) is 0 Å². The normalized spacial score (nSPS) is 51.2. The maximum absolute atomic E-state index is 12.0. The minimum atomic E-state index is -0.951. The average molecular weight is 326 g/mol. The third-order valence-electron chi connectivity index (χ3n) is 6.63. The van der Waals surface area contributed by atoms with Crippen LogP contribution in [0.25, 0.3) is 0 Å². The fourth-order valence-electron chi connectivity index (χ4n) is 6.26. The third kappa shape index (κ3) is 2.19. The predicted octanol–water partition coefficient (Wildman–Crippen LogP) is 2.36. The summed E-state index contributed by atoms with van der Waals surface area (Å²) in [5.74, 6) is -0.334. The van der Waals surface area contributed by atoms with Gasteiger partial charge in [0.25, 0.3) is 0 Å². The van der Waals surface area contributed by atoms with Crippen molar-refractivity contribution in [2.45, 2.75) is 65.5 Å². The molecule has 0 bridgehead atoms. The fraction of sp³-hybridized carbons (Fsp3) is 0.944. The van der Waals surface area contributed by atoms with Gasteiger partial charge in [-0.2, -0.15) is 0 Å². The first-order valence-corrected chi connectivity index (χ1v) is 8.61. The van der Waals surface area contributed by atoms with Gasteiger partial charge in [0.2, 0.25) is 0 Å². The highest BCUT2D eigenvalue weighted by Crippen LogP contribution is 2.69. The molecule has 2 saturated carbocycles. The van der Waals surface area contributed by atoms with E-state index in [4.69, 9.17) is 14.2 Å². The number of ether oxygens (including phenoxy) is 3. The maximum Gasteiger partial charge on any atom is 0.302 e. The van der Waals surface area contributed by atoms with Crippen molar-refractivity contribution in [1.82, 2.24) is 0 Å². The second-order valence-corrected chi connectivity index (χ2v) is 8.83. The van der Waals surface area contributed by atoms with Crippen molar-refractivity contribution in [3.05, 3.63) is 0 Å². The Labute approximate surface area is 138 Å². The van der Waals surface area contributed by atoms with Crippen molar-refractivity contribution in [2.24, 2.45) is 28.6 Å². The first kappa shape index (κ1) is 17.2. The van der Waals surface area contributed by atoms with E-state index < -0.39 is 11.9 Å². The van der Waals surface area contributed by atoms with E-state index in [0.29, 0.717) is 6.61 Å². The lowest BCUT2D eigenvalue weighted by Gasteiger charge is -2.59. The van der Waals surface area contributed by atoms with Crippen LogP contribution in [0.5, 0.6) is 0 Å². The predicted molar refractivity (Wildman–Crippen MR) is 84.5 cm³/mol. The molecular weight excluding hydrogens is 296 g/mol. The Morgan fingerprint density at radius 2 is 1.96 bits per heavy atom. The van der Waals surface area contributed by atoms with Gasteiger partial charge in [0.15, 0.2) is 6.29 Å². The van der Waals surface area contributed by atoms with Gasteiger partial charge in [-0.15, -0.1) is 0 Å². The van der Waals surface area contributed by atoms with Crippen molar-refractivity contribution in [3.8, 4) is 0 Å². The highest BCUT2D eigenvalue weighted by Gasteiger charge is 2.74. The molecule has 0 spiro atoms. The van der Waals surface area contributed by atoms with Crippen molar-refractivity contribution < 1.29 is 24.1 Å². The summed E-state index contributed by atoms with van der Waals surface area (Å²) >= 11 is 0. The second kappa shape index (κ2) is 5.17. The molecule has 2 aliphatic carbocycles. The zero-order valence-corrected chi connectivity index (χ0v) is 15.1. The van der Waals surface area contributed by atoms with Crippen LogP contribution in [0.3, 0.4) is 0 Å². The van der Waals surface area contributed by atoms with Crippen molar-refractivity contribution >= 4 is 5.97 Å². The zero-order chi connectivity index (χ0) is 17.2. The molecule has 23 heavy (non-hydrogen) atoms. The second-order valence-electron chi connectivity index (χ2n) is 8.83. The number of aliphatic hydroxyl groups is 1. The molecule has 7 atom stereocenters. The summed E-state index contributed by atoms with van der Waals surface area (Å²) < 4.78 is 17.2. The molecule has 5 nitrogen and oxygen atoms in total. The Morgan fingerprint density at radius 1 is 1.30 bits per heavy atom. The number of carbonyl (C=O) groups is 1. The summed E-state index contributed by atoms with van der Waals surface area (Å²) in [5.41, 5.74) is -1.44. The van der Waals surface area contributed by atoms with E-state index in [1.165, 1.54) is 6.92 Å². The van der Waals surface area contributed by atoms with Crippen LogP contribution >= 0.6 is 0 Å². The average Bonchev–Trinajstić information content (AvgIpc) is 2.56. The highest BCUT2D eigenvalue weighted by atomic mass is 16.7. The molecule has 0 aromatic heterocycles. The molecule has 0 radical (unpaired) electrons. The Morgan fingerprint density at radius 3 is 2.52 bits per heavy atom. The molecule has 0 aromatic rings. The third-order valence-corrected chi connectivity index (χ3v) is 6.63. The summed E-state index contributed by atoms with van der Waals surface area (Å²) in [5, 5.41) is 12.0. The summed E-state index contributed by atoms with van der Waals surface area (Å²) in [7, 11) is 1.64. The Hall–Kier alpha value is -0.650. The quantitative estimate of drug-likeness (QED) is 0.789. The van der Waals surface area contributed by atoms with Crippen LogP contribution < -0.4 is 0 Å². The van der Waals surface area contributed by atoms with Crippen LogP contribution in [0.2, 0.25) is 0 Å². The molecule has 3 fully saturated rings. The van der Waals surface area contributed by atoms with Gasteiger partial charge in [-0.05, 0) is 24.2 Å². The van der Waals surface area contributed by atoms with Gasteiger partial charge in [-0.3, -0.25) is 4.79 Å². The van der Waals surface area contributed by atoms with Crippen LogP contribution in [0.4, 0.5) is 0 Å². The molecule has 132 valence electrons. The number of hydrogen-bond donors (Lipinski definition) is 1. The van der Waals surface area contributed by atoms with E-state index >= 15 is 0 Å². The Kier molecular flexibility index (Phi) is 3.86. The Balaban J connectivity index is 2.11. The van der Waals surface area contributed by atoms with Crippen molar-refractivity contribution in [2.75, 3.05) is 13.7 Å². The standard InChI is InChI=1S/C18H30O5/c1-10-7-12(23-11(2)19)14-16(3,4)8-17(5)9-22-15(21-6)13(10)18(14,17)20/h10,12-15,20H,7-9H2,1-6H3/t10-,12+,13-,14+,15+,17-,18-/m1/s1. The number of methoxy groups -OCH3 is 1. The fourth-order valence-corrected chi connectivity index (χ4v) is 6.26. The molecule has 0 aromatic carbocycles. The molecule has 1 aliphatic heterocycles. The number of hydrogen-bond acceptors (Lipinski definition) is 5. The molecule has 1 heterocycles. The van der Waals surface area contributed by atoms with E-state index in [0.717, 1.165) is 12.8 Å². The minimum Gasteiger partial charge on any atom is -0.462 e. The smallest absolute Gasteiger partial charge is 0.302 e. The Bertz CT molecular complexity index is 504. The number of esters is 1. The highest BCUT2D eigenvalue weighted by molar-refractivity contribution is 5.66. The van der Waals surface area contributed by atoms with Gasteiger partial charge in [-0.25, -0.2) is 0 Å². The molecule has 1 N–H and O–H groups in total. The molecule has 0 amide bonds. The molecule has 0 unspecified atom stereocenters. The van der Waals surface area contributed by atoms with Gasteiger partial charge in [0.1, 0.15) is 6.10 Å². The summed E-state index contributed by atoms with van der Waals surface area (Å²) in [6, 6.07) is 0. The van der Waals surface area contributed by atoms with Crippen LogP contribution in [0.1, 0.15) is 47.5 Å². The summed E-state index contributed by atoms with van der Waals surface area (Å²) in [6.45, 7) is 10.5. The lowest BCUT2D eigenvalue weighted by molar-refractivity contribution is -0.324. The van der Waals surface area contributed by atoms with Gasteiger partial charge < -0.3 is 19.3 Å². The maximum atomic E-state index is 12.0. The van der Waals surface area contributed by atoms with Crippen molar-refractivity contribution in [3.63, 3.8) is 0 Å². The monoisotopic (exact) mass is 326 g/mol. The molecule has 3 aliphatic rings. The minimum absolute atomic E-state index is 0.105. The van der Waals surface area contributed by atoms with Crippen LogP contribution in [0.15, 0.2) is 0 Å². The van der Waals surface area contributed by atoms with E-state index in [2.05, 4.69) is 27.7 Å². The van der Waals surface area contributed by atoms with E-state index in [-0.39, 0.29) is 40.7 Å². The first-order valence-electron chi connectivity index (χ1n) is 8.61. The van der Waals surface area contributed by atoms with E-state index in [9.17, 15) is 9.90 Å². The summed E-state index contributed by atoms with van der Waals surface area (Å²) in [6.07, 6.45) is 0.923. The topological polar surface area (TPSA) is 65.0 Å². The summed E-state index contributed by atoms with van der Waals surface area (Å²) in [4.78, 5) is 11.6. The van der Waals surface area contributed by atoms with Crippen LogP contribution in [0, 0.1) is 28.6 Å². The lowest BCUT2D eigenvalue weighted by Crippen LogP contribution is -2.69. The SMILES string of the molecule is CO[C@H]1OC[C@@]2(C)CC(C)(C)[C@@H]3[C@@H](OC(C)=O)C[C@@H](C)[C@H]1[C@@]32O. The zero-order valence-electron chi connectivity index (χ0n) is 15.1. The lowest BCUT2D eigenvalue weighted by atomic mass is 9.54. The first-order chi connectivity index (χ1) is 10.6. The van der Waals surface area contributed by atoms with Gasteiger partial charge in [-0.1, -0.05) is 27.7 Å². The van der Waals surface area contributed by atoms with E-state index in [1.54, 1.807) is 7.11 Å². The molecule has 3 rings (SSSR count). The van der Waals surface area contributed by atoms with Crippen LogP contribution in [-0.4, -0.2) is 42.8 Å². The number of carbonyl (C=O) groups excluding carboxylic acids is 1. The van der Waals surface area contributed by atoms with Gasteiger partial charge in [0.05, 0.1) is 12.2 Å². The van der Waals surface area contributed by atoms with Crippen molar-refractivity contribution in [1.29, 1.82) is 0 Å².